The largest absolute Gasteiger partial charge is 0.468 e. The number of rotatable bonds is 1. The van der Waals surface area contributed by atoms with Crippen LogP contribution in [-0.2, 0) is 4.79 Å². The SMILES string of the molecule is CC(=O)N1CCSC(c2ccco2)CC1. The highest BCUT2D eigenvalue weighted by atomic mass is 32.2. The third kappa shape index (κ3) is 2.56. The van der Waals surface area contributed by atoms with Crippen molar-refractivity contribution in [2.45, 2.75) is 18.6 Å². The topological polar surface area (TPSA) is 33.5 Å². The zero-order valence-corrected chi connectivity index (χ0v) is 9.63. The number of thioether (sulfide) groups is 1. The molecule has 1 atom stereocenters. The van der Waals surface area contributed by atoms with Gasteiger partial charge in [0, 0.05) is 25.8 Å². The molecule has 1 unspecified atom stereocenters. The van der Waals surface area contributed by atoms with Gasteiger partial charge in [-0.25, -0.2) is 0 Å². The van der Waals surface area contributed by atoms with E-state index < -0.39 is 0 Å². The molecule has 1 fully saturated rings. The minimum Gasteiger partial charge on any atom is -0.468 e. The number of carbonyl (C=O) groups excluding carboxylic acids is 1. The van der Waals surface area contributed by atoms with Crippen LogP contribution in [0.5, 0.6) is 0 Å². The van der Waals surface area contributed by atoms with Crippen molar-refractivity contribution in [3.63, 3.8) is 0 Å². The van der Waals surface area contributed by atoms with Crippen LogP contribution in [0.25, 0.3) is 0 Å². The first kappa shape index (κ1) is 10.6. The molecule has 1 aromatic heterocycles. The Bertz CT molecular complexity index is 323. The Labute approximate surface area is 93.8 Å². The van der Waals surface area contributed by atoms with Gasteiger partial charge in [0.2, 0.25) is 5.91 Å². The fourth-order valence-electron chi connectivity index (χ4n) is 1.79. The first-order valence-electron chi connectivity index (χ1n) is 5.18. The van der Waals surface area contributed by atoms with Crippen molar-refractivity contribution in [2.24, 2.45) is 0 Å². The second-order valence-corrected chi connectivity index (χ2v) is 4.98. The number of nitrogens with zero attached hydrogens (tertiary/aromatic N) is 1. The van der Waals surface area contributed by atoms with Crippen LogP contribution in [0.3, 0.4) is 0 Å². The number of hydrogen-bond donors (Lipinski definition) is 0. The molecule has 2 heterocycles. The monoisotopic (exact) mass is 225 g/mol. The zero-order chi connectivity index (χ0) is 10.7. The maximum absolute atomic E-state index is 11.2. The van der Waals surface area contributed by atoms with Crippen LogP contribution in [-0.4, -0.2) is 29.6 Å². The number of furan rings is 1. The van der Waals surface area contributed by atoms with Crippen LogP contribution in [0.4, 0.5) is 0 Å². The summed E-state index contributed by atoms with van der Waals surface area (Å²) >= 11 is 1.88. The molecule has 1 aliphatic heterocycles. The Kier molecular flexibility index (Phi) is 3.36. The van der Waals surface area contributed by atoms with Crippen molar-refractivity contribution in [1.82, 2.24) is 4.90 Å². The minimum atomic E-state index is 0.177. The average Bonchev–Trinajstić information content (AvgIpc) is 2.62. The molecule has 0 spiro atoms. The Balaban J connectivity index is 1.98. The van der Waals surface area contributed by atoms with Gasteiger partial charge in [-0.1, -0.05) is 0 Å². The Morgan fingerprint density at radius 1 is 1.60 bits per heavy atom. The van der Waals surface area contributed by atoms with Crippen LogP contribution in [0, 0.1) is 0 Å². The van der Waals surface area contributed by atoms with Gasteiger partial charge in [0.15, 0.2) is 0 Å². The van der Waals surface area contributed by atoms with Gasteiger partial charge in [0.1, 0.15) is 5.76 Å². The van der Waals surface area contributed by atoms with Crippen molar-refractivity contribution in [1.29, 1.82) is 0 Å². The van der Waals surface area contributed by atoms with Crippen molar-refractivity contribution in [3.05, 3.63) is 24.2 Å². The van der Waals surface area contributed by atoms with Gasteiger partial charge in [-0.15, -0.1) is 11.8 Å². The number of carbonyl (C=O) groups is 1. The van der Waals surface area contributed by atoms with Crippen molar-refractivity contribution >= 4 is 17.7 Å². The third-order valence-electron chi connectivity index (χ3n) is 2.65. The summed E-state index contributed by atoms with van der Waals surface area (Å²) < 4.78 is 5.40. The molecule has 4 heteroatoms. The molecule has 15 heavy (non-hydrogen) atoms. The average molecular weight is 225 g/mol. The van der Waals surface area contributed by atoms with E-state index in [1.165, 1.54) is 0 Å². The van der Waals surface area contributed by atoms with Gasteiger partial charge >= 0.3 is 0 Å². The standard InChI is InChI=1S/C11H15NO2S/c1-9(13)12-5-4-11(15-8-6-12)10-3-2-7-14-10/h2-3,7,11H,4-6,8H2,1H3. The third-order valence-corrected chi connectivity index (χ3v) is 3.94. The predicted molar refractivity (Wildman–Crippen MR) is 60.8 cm³/mol. The van der Waals surface area contributed by atoms with Crippen molar-refractivity contribution < 1.29 is 9.21 Å². The van der Waals surface area contributed by atoms with Gasteiger partial charge in [0.05, 0.1) is 11.5 Å². The van der Waals surface area contributed by atoms with Gasteiger partial charge in [-0.2, -0.15) is 0 Å². The highest BCUT2D eigenvalue weighted by Crippen LogP contribution is 2.34. The summed E-state index contributed by atoms with van der Waals surface area (Å²) in [7, 11) is 0. The number of amides is 1. The smallest absolute Gasteiger partial charge is 0.219 e. The van der Waals surface area contributed by atoms with E-state index in [2.05, 4.69) is 0 Å². The van der Waals surface area contributed by atoms with Crippen molar-refractivity contribution in [2.75, 3.05) is 18.8 Å². The first-order valence-corrected chi connectivity index (χ1v) is 6.23. The van der Waals surface area contributed by atoms with E-state index in [1.807, 2.05) is 28.8 Å². The van der Waals surface area contributed by atoms with E-state index >= 15 is 0 Å². The van der Waals surface area contributed by atoms with Gasteiger partial charge < -0.3 is 9.32 Å². The Morgan fingerprint density at radius 2 is 2.47 bits per heavy atom. The molecule has 0 aromatic carbocycles. The maximum Gasteiger partial charge on any atom is 0.219 e. The highest BCUT2D eigenvalue weighted by molar-refractivity contribution is 7.99. The lowest BCUT2D eigenvalue weighted by molar-refractivity contribution is -0.128. The van der Waals surface area contributed by atoms with E-state index in [0.29, 0.717) is 5.25 Å². The summed E-state index contributed by atoms with van der Waals surface area (Å²) in [4.78, 5) is 13.2. The summed E-state index contributed by atoms with van der Waals surface area (Å²) in [5.41, 5.74) is 0. The van der Waals surface area contributed by atoms with Crippen LogP contribution in [0.2, 0.25) is 0 Å². The fourth-order valence-corrected chi connectivity index (χ4v) is 2.97. The van der Waals surface area contributed by atoms with E-state index in [9.17, 15) is 4.79 Å². The number of hydrogen-bond acceptors (Lipinski definition) is 3. The Hall–Kier alpha value is -0.900. The van der Waals surface area contributed by atoms with Gasteiger partial charge in [-0.05, 0) is 18.6 Å². The fraction of sp³-hybridized carbons (Fsp3) is 0.545. The highest BCUT2D eigenvalue weighted by Gasteiger charge is 2.21. The van der Waals surface area contributed by atoms with Gasteiger partial charge in [0.25, 0.3) is 0 Å². The molecule has 1 amide bonds. The van der Waals surface area contributed by atoms with E-state index in [-0.39, 0.29) is 5.91 Å². The molecule has 0 saturated carbocycles. The van der Waals surface area contributed by atoms with Gasteiger partial charge in [-0.3, -0.25) is 4.79 Å². The molecule has 0 radical (unpaired) electrons. The van der Waals surface area contributed by atoms with Crippen LogP contribution < -0.4 is 0 Å². The molecule has 2 rings (SSSR count). The lowest BCUT2D eigenvalue weighted by Gasteiger charge is -2.17. The predicted octanol–water partition coefficient (Wildman–Crippen LogP) is 2.31. The molecular formula is C11H15NO2S. The first-order chi connectivity index (χ1) is 7.27. The summed E-state index contributed by atoms with van der Waals surface area (Å²) in [6.07, 6.45) is 2.70. The molecular weight excluding hydrogens is 210 g/mol. The zero-order valence-electron chi connectivity index (χ0n) is 8.81. The normalized spacial score (nSPS) is 22.5. The molecule has 1 aliphatic rings. The van der Waals surface area contributed by atoms with E-state index in [0.717, 1.165) is 31.0 Å². The Morgan fingerprint density at radius 3 is 3.13 bits per heavy atom. The second kappa shape index (κ2) is 4.75. The van der Waals surface area contributed by atoms with E-state index in [4.69, 9.17) is 4.42 Å². The summed E-state index contributed by atoms with van der Waals surface area (Å²) in [6.45, 7) is 3.34. The van der Waals surface area contributed by atoms with Crippen molar-refractivity contribution in [3.8, 4) is 0 Å². The second-order valence-electron chi connectivity index (χ2n) is 3.67. The molecule has 0 bridgehead atoms. The lowest BCUT2D eigenvalue weighted by atomic mass is 10.2. The van der Waals surface area contributed by atoms with E-state index in [1.54, 1.807) is 13.2 Å². The van der Waals surface area contributed by atoms with Crippen LogP contribution in [0.15, 0.2) is 22.8 Å². The lowest BCUT2D eigenvalue weighted by Crippen LogP contribution is -2.30. The summed E-state index contributed by atoms with van der Waals surface area (Å²) in [6, 6.07) is 3.94. The maximum atomic E-state index is 11.2. The van der Waals surface area contributed by atoms with Crippen LogP contribution in [0.1, 0.15) is 24.4 Å². The summed E-state index contributed by atoms with van der Waals surface area (Å²) in [5.74, 6) is 2.20. The van der Waals surface area contributed by atoms with Crippen LogP contribution >= 0.6 is 11.8 Å². The molecule has 0 N–H and O–H groups in total. The quantitative estimate of drug-likeness (QED) is 0.735. The minimum absolute atomic E-state index is 0.177. The summed E-state index contributed by atoms with van der Waals surface area (Å²) in [5, 5.41) is 0.407. The molecule has 0 aliphatic carbocycles. The molecule has 82 valence electrons. The molecule has 3 nitrogen and oxygen atoms in total. The molecule has 1 aromatic rings. The molecule has 1 saturated heterocycles.